The van der Waals surface area contributed by atoms with Gasteiger partial charge in [-0.15, -0.1) is 11.3 Å². The van der Waals surface area contributed by atoms with Gasteiger partial charge in [0.1, 0.15) is 5.75 Å². The molecule has 0 atom stereocenters. The van der Waals surface area contributed by atoms with Crippen molar-refractivity contribution < 1.29 is 14.5 Å². The molecule has 2 aromatic rings. The van der Waals surface area contributed by atoms with E-state index >= 15 is 0 Å². The summed E-state index contributed by atoms with van der Waals surface area (Å²) in [5.74, 6) is -0.0334. The summed E-state index contributed by atoms with van der Waals surface area (Å²) in [6.45, 7) is 1.57. The number of amides is 1. The van der Waals surface area contributed by atoms with Crippen LogP contribution in [0.1, 0.15) is 11.8 Å². The van der Waals surface area contributed by atoms with Crippen LogP contribution in [-0.4, -0.2) is 23.1 Å². The number of nitrogens with zero attached hydrogens (tertiary/aromatic N) is 2. The van der Waals surface area contributed by atoms with Crippen molar-refractivity contribution in [3.8, 4) is 5.75 Å². The number of hydrogen-bond acceptors (Lipinski definition) is 6. The lowest BCUT2D eigenvalue weighted by molar-refractivity contribution is -0.384. The Morgan fingerprint density at radius 3 is 2.68 bits per heavy atom. The van der Waals surface area contributed by atoms with Crippen molar-refractivity contribution in [2.24, 2.45) is 5.10 Å². The Morgan fingerprint density at radius 1 is 1.36 bits per heavy atom. The first-order valence-corrected chi connectivity index (χ1v) is 7.18. The average molecular weight is 319 g/mol. The molecule has 114 valence electrons. The van der Waals surface area contributed by atoms with E-state index in [0.29, 0.717) is 11.5 Å². The zero-order chi connectivity index (χ0) is 15.9. The van der Waals surface area contributed by atoms with Gasteiger partial charge in [-0.1, -0.05) is 6.07 Å². The van der Waals surface area contributed by atoms with E-state index in [0.717, 1.165) is 4.88 Å². The molecule has 0 radical (unpaired) electrons. The van der Waals surface area contributed by atoms with Crippen molar-refractivity contribution in [3.05, 3.63) is 56.8 Å². The first-order chi connectivity index (χ1) is 10.6. The van der Waals surface area contributed by atoms with Crippen LogP contribution in [0.4, 0.5) is 5.69 Å². The minimum atomic E-state index is -0.501. The van der Waals surface area contributed by atoms with E-state index in [1.54, 1.807) is 6.92 Å². The lowest BCUT2D eigenvalue weighted by atomic mass is 10.3. The van der Waals surface area contributed by atoms with Gasteiger partial charge in [0.25, 0.3) is 11.6 Å². The number of non-ortho nitro benzene ring substituents is 1. The fourth-order valence-corrected chi connectivity index (χ4v) is 2.21. The summed E-state index contributed by atoms with van der Waals surface area (Å²) in [4.78, 5) is 22.6. The number of carbonyl (C=O) groups excluding carboxylic acids is 1. The molecule has 0 aliphatic heterocycles. The molecule has 2 rings (SSSR count). The molecule has 0 saturated heterocycles. The van der Waals surface area contributed by atoms with Gasteiger partial charge >= 0.3 is 0 Å². The molecule has 0 aliphatic carbocycles. The van der Waals surface area contributed by atoms with E-state index in [9.17, 15) is 14.9 Å². The quantitative estimate of drug-likeness (QED) is 0.503. The summed E-state index contributed by atoms with van der Waals surface area (Å²) in [6.07, 6.45) is 0. The highest BCUT2D eigenvalue weighted by molar-refractivity contribution is 7.12. The van der Waals surface area contributed by atoms with Gasteiger partial charge in [-0.2, -0.15) is 5.10 Å². The van der Waals surface area contributed by atoms with Crippen LogP contribution in [0.15, 0.2) is 46.9 Å². The van der Waals surface area contributed by atoms with Crippen LogP contribution >= 0.6 is 11.3 Å². The third-order valence-electron chi connectivity index (χ3n) is 2.64. The summed E-state index contributed by atoms with van der Waals surface area (Å²) in [5, 5.41) is 16.4. The molecule has 0 aliphatic rings. The van der Waals surface area contributed by atoms with Crippen molar-refractivity contribution >= 4 is 28.6 Å². The first kappa shape index (κ1) is 15.6. The van der Waals surface area contributed by atoms with E-state index in [1.807, 2.05) is 17.5 Å². The second-order valence-electron chi connectivity index (χ2n) is 4.25. The Balaban J connectivity index is 1.82. The average Bonchev–Trinajstić information content (AvgIpc) is 3.05. The molecule has 0 saturated carbocycles. The Bertz CT molecular complexity index is 681. The summed E-state index contributed by atoms with van der Waals surface area (Å²) < 4.78 is 5.22. The summed E-state index contributed by atoms with van der Waals surface area (Å²) in [7, 11) is 0. The fourth-order valence-electron chi connectivity index (χ4n) is 1.53. The van der Waals surface area contributed by atoms with Crippen molar-refractivity contribution in [1.29, 1.82) is 0 Å². The van der Waals surface area contributed by atoms with Crippen LogP contribution < -0.4 is 10.2 Å². The summed E-state index contributed by atoms with van der Waals surface area (Å²) in [6, 6.07) is 9.30. The molecule has 1 aromatic heterocycles. The van der Waals surface area contributed by atoms with Gasteiger partial charge in [0.2, 0.25) is 0 Å². The standard InChI is InChI=1S/C14H13N3O4S/c1-10(13-3-2-8-22-13)15-16-14(18)9-21-12-6-4-11(5-7-12)17(19)20/h2-8H,9H2,1H3,(H,16,18). The molecule has 1 amide bonds. The molecule has 0 fully saturated rings. The van der Waals surface area contributed by atoms with Crippen LogP contribution in [0.2, 0.25) is 0 Å². The molecule has 7 nitrogen and oxygen atoms in total. The molecule has 0 spiro atoms. The number of hydrazone groups is 1. The second-order valence-corrected chi connectivity index (χ2v) is 5.20. The smallest absolute Gasteiger partial charge is 0.277 e. The number of benzene rings is 1. The highest BCUT2D eigenvalue weighted by atomic mass is 32.1. The number of rotatable bonds is 6. The lowest BCUT2D eigenvalue weighted by Gasteiger charge is -2.05. The topological polar surface area (TPSA) is 93.8 Å². The molecule has 1 N–H and O–H groups in total. The second kappa shape index (κ2) is 7.32. The molecule has 8 heteroatoms. The zero-order valence-corrected chi connectivity index (χ0v) is 12.5. The van der Waals surface area contributed by atoms with E-state index in [1.165, 1.54) is 35.6 Å². The first-order valence-electron chi connectivity index (χ1n) is 6.30. The Kier molecular flexibility index (Phi) is 5.21. The van der Waals surface area contributed by atoms with Crippen molar-refractivity contribution in [2.45, 2.75) is 6.92 Å². The monoisotopic (exact) mass is 319 g/mol. The van der Waals surface area contributed by atoms with E-state index in [4.69, 9.17) is 4.74 Å². The highest BCUT2D eigenvalue weighted by Crippen LogP contribution is 2.17. The van der Waals surface area contributed by atoms with Crippen LogP contribution in [0.5, 0.6) is 5.75 Å². The minimum absolute atomic E-state index is 0.0343. The van der Waals surface area contributed by atoms with Gasteiger partial charge in [0, 0.05) is 17.0 Å². The van der Waals surface area contributed by atoms with Crippen molar-refractivity contribution in [2.75, 3.05) is 6.61 Å². The summed E-state index contributed by atoms with van der Waals surface area (Å²) >= 11 is 1.53. The van der Waals surface area contributed by atoms with Crippen LogP contribution in [0.25, 0.3) is 0 Å². The van der Waals surface area contributed by atoms with Gasteiger partial charge in [-0.25, -0.2) is 5.43 Å². The molecular formula is C14H13N3O4S. The number of thiophene rings is 1. The van der Waals surface area contributed by atoms with Gasteiger partial charge in [0.15, 0.2) is 6.61 Å². The Morgan fingerprint density at radius 2 is 2.09 bits per heavy atom. The third-order valence-corrected chi connectivity index (χ3v) is 3.62. The lowest BCUT2D eigenvalue weighted by Crippen LogP contribution is -2.25. The number of ether oxygens (including phenoxy) is 1. The van der Waals surface area contributed by atoms with Gasteiger partial charge < -0.3 is 4.74 Å². The third kappa shape index (κ3) is 4.38. The molecular weight excluding hydrogens is 306 g/mol. The number of nitro groups is 1. The maximum Gasteiger partial charge on any atom is 0.277 e. The number of hydrogen-bond donors (Lipinski definition) is 1. The minimum Gasteiger partial charge on any atom is -0.484 e. The van der Waals surface area contributed by atoms with Crippen LogP contribution in [0.3, 0.4) is 0 Å². The normalized spacial score (nSPS) is 11.0. The predicted molar refractivity (Wildman–Crippen MR) is 83.3 cm³/mol. The SMILES string of the molecule is CC(=NNC(=O)COc1ccc([N+](=O)[O-])cc1)c1cccs1. The molecule has 1 aromatic carbocycles. The zero-order valence-electron chi connectivity index (χ0n) is 11.7. The number of nitrogens with one attached hydrogen (secondary N) is 1. The van der Waals surface area contributed by atoms with Gasteiger partial charge in [-0.05, 0) is 30.5 Å². The maximum absolute atomic E-state index is 11.6. The van der Waals surface area contributed by atoms with Crippen LogP contribution in [-0.2, 0) is 4.79 Å². The predicted octanol–water partition coefficient (Wildman–Crippen LogP) is 2.58. The number of nitro benzene ring substituents is 1. The highest BCUT2D eigenvalue weighted by Gasteiger charge is 2.06. The number of carbonyl (C=O) groups is 1. The van der Waals surface area contributed by atoms with E-state index in [-0.39, 0.29) is 12.3 Å². The largest absolute Gasteiger partial charge is 0.484 e. The van der Waals surface area contributed by atoms with E-state index in [2.05, 4.69) is 10.5 Å². The summed E-state index contributed by atoms with van der Waals surface area (Å²) in [5.41, 5.74) is 3.07. The van der Waals surface area contributed by atoms with Crippen molar-refractivity contribution in [1.82, 2.24) is 5.43 Å². The van der Waals surface area contributed by atoms with Gasteiger partial charge in [-0.3, -0.25) is 14.9 Å². The Labute approximate surface area is 130 Å². The Hall–Kier alpha value is -2.74. The van der Waals surface area contributed by atoms with Crippen LogP contribution in [0, 0.1) is 10.1 Å². The molecule has 22 heavy (non-hydrogen) atoms. The molecule has 0 unspecified atom stereocenters. The maximum atomic E-state index is 11.6. The molecule has 0 bridgehead atoms. The van der Waals surface area contributed by atoms with E-state index < -0.39 is 10.8 Å². The van der Waals surface area contributed by atoms with Gasteiger partial charge in [0.05, 0.1) is 10.6 Å². The molecule has 1 heterocycles. The fraction of sp³-hybridized carbons (Fsp3) is 0.143. The van der Waals surface area contributed by atoms with Crippen molar-refractivity contribution in [3.63, 3.8) is 0 Å².